The van der Waals surface area contributed by atoms with E-state index in [1.54, 1.807) is 6.07 Å². The average molecular weight is 257 g/mol. The van der Waals surface area contributed by atoms with Crippen LogP contribution in [0.3, 0.4) is 0 Å². The normalized spacial score (nSPS) is 10.8. The standard InChI is InChI=1S/C14H21ClO2/c1-3-5-7-10-9-12(16)14(17)13(15)11(10)8-6-4-2/h9,16-17H,3-8H2,1-2H3. The van der Waals surface area contributed by atoms with Crippen molar-refractivity contribution in [3.63, 3.8) is 0 Å². The number of halogens is 1. The van der Waals surface area contributed by atoms with Gasteiger partial charge in [0.05, 0.1) is 5.02 Å². The van der Waals surface area contributed by atoms with Gasteiger partial charge >= 0.3 is 0 Å². The highest BCUT2D eigenvalue weighted by Crippen LogP contribution is 2.39. The second-order valence-corrected chi connectivity index (χ2v) is 4.78. The van der Waals surface area contributed by atoms with Crippen molar-refractivity contribution in [2.75, 3.05) is 0 Å². The van der Waals surface area contributed by atoms with Crippen LogP contribution in [0.2, 0.25) is 5.02 Å². The smallest absolute Gasteiger partial charge is 0.176 e. The summed E-state index contributed by atoms with van der Waals surface area (Å²) < 4.78 is 0. The molecule has 0 atom stereocenters. The van der Waals surface area contributed by atoms with Gasteiger partial charge in [-0.1, -0.05) is 38.3 Å². The lowest BCUT2D eigenvalue weighted by Crippen LogP contribution is -1.97. The van der Waals surface area contributed by atoms with Crippen molar-refractivity contribution in [3.8, 4) is 11.5 Å². The molecule has 2 nitrogen and oxygen atoms in total. The molecule has 0 radical (unpaired) electrons. The van der Waals surface area contributed by atoms with Gasteiger partial charge in [0.15, 0.2) is 11.5 Å². The zero-order chi connectivity index (χ0) is 12.8. The van der Waals surface area contributed by atoms with Crippen molar-refractivity contribution in [3.05, 3.63) is 22.2 Å². The Morgan fingerprint density at radius 3 is 2.24 bits per heavy atom. The monoisotopic (exact) mass is 256 g/mol. The summed E-state index contributed by atoms with van der Waals surface area (Å²) in [7, 11) is 0. The maximum absolute atomic E-state index is 9.65. The lowest BCUT2D eigenvalue weighted by atomic mass is 9.97. The fourth-order valence-electron chi connectivity index (χ4n) is 1.93. The van der Waals surface area contributed by atoms with Crippen LogP contribution in [0.25, 0.3) is 0 Å². The summed E-state index contributed by atoms with van der Waals surface area (Å²) in [4.78, 5) is 0. The van der Waals surface area contributed by atoms with Crippen LogP contribution in [0, 0.1) is 0 Å². The molecule has 0 aliphatic heterocycles. The molecule has 3 heteroatoms. The highest BCUT2D eigenvalue weighted by atomic mass is 35.5. The highest BCUT2D eigenvalue weighted by Gasteiger charge is 2.15. The molecule has 0 saturated heterocycles. The van der Waals surface area contributed by atoms with Gasteiger partial charge in [0.25, 0.3) is 0 Å². The summed E-state index contributed by atoms with van der Waals surface area (Å²) in [6, 6.07) is 1.65. The SMILES string of the molecule is CCCCc1cc(O)c(O)c(Cl)c1CCCC. The lowest BCUT2D eigenvalue weighted by Gasteiger charge is -2.13. The van der Waals surface area contributed by atoms with Gasteiger partial charge in [-0.2, -0.15) is 0 Å². The summed E-state index contributed by atoms with van der Waals surface area (Å²) in [6.07, 6.45) is 6.08. The number of unbranched alkanes of at least 4 members (excludes halogenated alkanes) is 2. The van der Waals surface area contributed by atoms with Crippen LogP contribution in [0.5, 0.6) is 11.5 Å². The van der Waals surface area contributed by atoms with Crippen molar-refractivity contribution < 1.29 is 10.2 Å². The molecule has 1 rings (SSSR count). The van der Waals surface area contributed by atoms with E-state index in [2.05, 4.69) is 13.8 Å². The second kappa shape index (κ2) is 6.75. The number of aryl methyl sites for hydroxylation is 1. The van der Waals surface area contributed by atoms with Gasteiger partial charge in [0, 0.05) is 0 Å². The molecule has 0 aliphatic rings. The van der Waals surface area contributed by atoms with E-state index >= 15 is 0 Å². The Bertz CT molecular complexity index is 375. The molecular weight excluding hydrogens is 236 g/mol. The minimum Gasteiger partial charge on any atom is -0.504 e. The third-order valence-electron chi connectivity index (χ3n) is 2.99. The zero-order valence-electron chi connectivity index (χ0n) is 10.6. The number of rotatable bonds is 6. The van der Waals surface area contributed by atoms with Crippen molar-refractivity contribution in [2.45, 2.75) is 52.4 Å². The van der Waals surface area contributed by atoms with Crippen LogP contribution in [-0.4, -0.2) is 10.2 Å². The number of hydrogen-bond donors (Lipinski definition) is 2. The summed E-state index contributed by atoms with van der Waals surface area (Å²) in [5.41, 5.74) is 2.07. The topological polar surface area (TPSA) is 40.5 Å². The predicted molar refractivity (Wildman–Crippen MR) is 72.0 cm³/mol. The van der Waals surface area contributed by atoms with Crippen LogP contribution in [-0.2, 0) is 12.8 Å². The first-order valence-corrected chi connectivity index (χ1v) is 6.71. The fraction of sp³-hybridized carbons (Fsp3) is 0.571. The summed E-state index contributed by atoms with van der Waals surface area (Å²) >= 11 is 6.11. The number of benzene rings is 1. The van der Waals surface area contributed by atoms with E-state index in [1.165, 1.54) is 0 Å². The molecule has 1 aromatic carbocycles. The Hall–Kier alpha value is -0.890. The molecule has 0 fully saturated rings. The Kier molecular flexibility index (Phi) is 5.63. The van der Waals surface area contributed by atoms with Gasteiger partial charge in [-0.25, -0.2) is 0 Å². The average Bonchev–Trinajstić information content (AvgIpc) is 2.32. The van der Waals surface area contributed by atoms with Crippen LogP contribution in [0.4, 0.5) is 0 Å². The largest absolute Gasteiger partial charge is 0.504 e. The van der Waals surface area contributed by atoms with E-state index in [1.807, 2.05) is 0 Å². The number of phenols is 2. The van der Waals surface area contributed by atoms with Crippen molar-refractivity contribution in [2.24, 2.45) is 0 Å². The first kappa shape index (κ1) is 14.2. The molecule has 0 heterocycles. The zero-order valence-corrected chi connectivity index (χ0v) is 11.3. The van der Waals surface area contributed by atoms with Gasteiger partial charge in [0.2, 0.25) is 0 Å². The molecule has 0 spiro atoms. The molecule has 0 saturated carbocycles. The molecule has 0 amide bonds. The minimum absolute atomic E-state index is 0.110. The maximum Gasteiger partial charge on any atom is 0.176 e. The van der Waals surface area contributed by atoms with Crippen molar-refractivity contribution in [1.29, 1.82) is 0 Å². The quantitative estimate of drug-likeness (QED) is 0.739. The van der Waals surface area contributed by atoms with E-state index < -0.39 is 0 Å². The number of hydrogen-bond acceptors (Lipinski definition) is 2. The Labute approximate surface area is 108 Å². The molecule has 0 bridgehead atoms. The van der Waals surface area contributed by atoms with E-state index in [-0.39, 0.29) is 11.5 Å². The Morgan fingerprint density at radius 2 is 1.65 bits per heavy atom. The van der Waals surface area contributed by atoms with Crippen LogP contribution < -0.4 is 0 Å². The van der Waals surface area contributed by atoms with Crippen LogP contribution in [0.15, 0.2) is 6.07 Å². The molecular formula is C14H21ClO2. The lowest BCUT2D eigenvalue weighted by molar-refractivity contribution is 0.402. The molecule has 2 N–H and O–H groups in total. The van der Waals surface area contributed by atoms with E-state index in [9.17, 15) is 10.2 Å². The minimum atomic E-state index is -0.182. The van der Waals surface area contributed by atoms with Gasteiger partial charge in [0.1, 0.15) is 0 Å². The third-order valence-corrected chi connectivity index (χ3v) is 3.40. The van der Waals surface area contributed by atoms with E-state index in [4.69, 9.17) is 11.6 Å². The first-order valence-electron chi connectivity index (χ1n) is 6.33. The Morgan fingerprint density at radius 1 is 1.06 bits per heavy atom. The molecule has 96 valence electrons. The molecule has 1 aromatic rings. The van der Waals surface area contributed by atoms with Crippen molar-refractivity contribution >= 4 is 11.6 Å². The third kappa shape index (κ3) is 3.53. The molecule has 0 unspecified atom stereocenters. The highest BCUT2D eigenvalue weighted by molar-refractivity contribution is 6.33. The summed E-state index contributed by atoms with van der Waals surface area (Å²) in [5.74, 6) is -0.292. The van der Waals surface area contributed by atoms with Crippen LogP contribution in [0.1, 0.15) is 50.7 Å². The molecule has 17 heavy (non-hydrogen) atoms. The fourth-order valence-corrected chi connectivity index (χ4v) is 2.24. The molecule has 0 aliphatic carbocycles. The van der Waals surface area contributed by atoms with E-state index in [0.29, 0.717) is 5.02 Å². The van der Waals surface area contributed by atoms with Gasteiger partial charge in [-0.15, -0.1) is 0 Å². The first-order chi connectivity index (χ1) is 8.11. The summed E-state index contributed by atoms with van der Waals surface area (Å²) in [5, 5.41) is 19.6. The predicted octanol–water partition coefficient (Wildman–Crippen LogP) is 4.44. The number of phenolic OH excluding ortho intramolecular Hbond substituents is 2. The van der Waals surface area contributed by atoms with Gasteiger partial charge in [-0.05, 0) is 42.9 Å². The second-order valence-electron chi connectivity index (χ2n) is 4.40. The Balaban J connectivity index is 3.06. The van der Waals surface area contributed by atoms with Crippen LogP contribution >= 0.6 is 11.6 Å². The maximum atomic E-state index is 9.65. The van der Waals surface area contributed by atoms with Gasteiger partial charge in [-0.3, -0.25) is 0 Å². The van der Waals surface area contributed by atoms with Crippen molar-refractivity contribution in [1.82, 2.24) is 0 Å². The van der Waals surface area contributed by atoms with Gasteiger partial charge < -0.3 is 10.2 Å². The van der Waals surface area contributed by atoms with E-state index in [0.717, 1.165) is 49.7 Å². The molecule has 0 aromatic heterocycles. The number of aromatic hydroxyl groups is 2. The summed E-state index contributed by atoms with van der Waals surface area (Å²) in [6.45, 7) is 4.26.